The van der Waals surface area contributed by atoms with Gasteiger partial charge in [0.1, 0.15) is 0 Å². The molecule has 0 unspecified atom stereocenters. The molecule has 0 aromatic heterocycles. The second-order valence-electron chi connectivity index (χ2n) is 6.40. The average molecular weight is 241 g/mol. The first-order valence-electron chi connectivity index (χ1n) is 7.90. The quantitative estimate of drug-likeness (QED) is 0.620. The fraction of sp³-hybridized carbons (Fsp3) is 0.667. The summed E-state index contributed by atoms with van der Waals surface area (Å²) in [6.07, 6.45) is 24.4. The summed E-state index contributed by atoms with van der Waals surface area (Å²) in [5.74, 6) is 1.95. The van der Waals surface area contributed by atoms with Gasteiger partial charge in [0.15, 0.2) is 0 Å². The van der Waals surface area contributed by atoms with Crippen molar-refractivity contribution in [1.29, 1.82) is 0 Å². The Balaban J connectivity index is 1.68. The van der Waals surface area contributed by atoms with Crippen molar-refractivity contribution < 1.29 is 0 Å². The van der Waals surface area contributed by atoms with Crippen LogP contribution in [0.5, 0.6) is 0 Å². The summed E-state index contributed by atoms with van der Waals surface area (Å²) in [5.41, 5.74) is 3.15. The topological polar surface area (TPSA) is 0 Å². The third-order valence-electron chi connectivity index (χ3n) is 5.00. The number of rotatable bonds is 4. The molecule has 3 rings (SSSR count). The molecule has 97 valence electrons. The molecule has 0 N–H and O–H groups in total. The predicted molar refractivity (Wildman–Crippen MR) is 77.1 cm³/mol. The molecule has 1 radical (unpaired) electrons. The SMILES string of the molecule is [C]1=CC=CC1=C(CC1CCCC1)CC1CCCC1. The largest absolute Gasteiger partial charge is 0.0618 e. The third kappa shape index (κ3) is 2.96. The Kier molecular flexibility index (Phi) is 4.02. The highest BCUT2D eigenvalue weighted by Crippen LogP contribution is 2.37. The summed E-state index contributed by atoms with van der Waals surface area (Å²) >= 11 is 0. The molecule has 3 aliphatic carbocycles. The summed E-state index contributed by atoms with van der Waals surface area (Å²) in [6.45, 7) is 0. The van der Waals surface area contributed by atoms with Crippen LogP contribution in [0.15, 0.2) is 29.4 Å². The summed E-state index contributed by atoms with van der Waals surface area (Å²) in [6, 6.07) is 0. The minimum atomic E-state index is 0.977. The lowest BCUT2D eigenvalue weighted by atomic mass is 9.87. The first-order valence-corrected chi connectivity index (χ1v) is 7.90. The lowest BCUT2D eigenvalue weighted by Crippen LogP contribution is -2.03. The molecular weight excluding hydrogens is 216 g/mol. The second-order valence-corrected chi connectivity index (χ2v) is 6.40. The Bertz CT molecular complexity index is 323. The number of hydrogen-bond donors (Lipinski definition) is 0. The van der Waals surface area contributed by atoms with Crippen LogP contribution in [0.3, 0.4) is 0 Å². The van der Waals surface area contributed by atoms with Crippen LogP contribution in [0.25, 0.3) is 0 Å². The molecule has 2 saturated carbocycles. The summed E-state index contributed by atoms with van der Waals surface area (Å²) < 4.78 is 0. The lowest BCUT2D eigenvalue weighted by Gasteiger charge is -2.18. The fourth-order valence-corrected chi connectivity index (χ4v) is 3.98. The van der Waals surface area contributed by atoms with Crippen molar-refractivity contribution in [1.82, 2.24) is 0 Å². The van der Waals surface area contributed by atoms with Gasteiger partial charge in [-0.15, -0.1) is 0 Å². The van der Waals surface area contributed by atoms with Gasteiger partial charge in [0.2, 0.25) is 0 Å². The molecule has 18 heavy (non-hydrogen) atoms. The zero-order chi connectivity index (χ0) is 12.2. The highest BCUT2D eigenvalue weighted by molar-refractivity contribution is 5.39. The number of hydrogen-bond acceptors (Lipinski definition) is 0. The van der Waals surface area contributed by atoms with E-state index in [-0.39, 0.29) is 0 Å². The smallest absolute Gasteiger partial charge is 0.0106 e. The van der Waals surface area contributed by atoms with Crippen molar-refractivity contribution in [2.75, 3.05) is 0 Å². The van der Waals surface area contributed by atoms with Crippen LogP contribution >= 0.6 is 0 Å². The standard InChI is InChI=1S/C18H25/c1-2-8-15(7-1)13-18(17-11-5-6-12-17)14-16-9-3-4-10-16/h5-6,11,15-16H,1-4,7-10,13-14H2. The van der Waals surface area contributed by atoms with Crippen LogP contribution in [0.4, 0.5) is 0 Å². The van der Waals surface area contributed by atoms with Gasteiger partial charge >= 0.3 is 0 Å². The van der Waals surface area contributed by atoms with Crippen LogP contribution in [-0.4, -0.2) is 0 Å². The first kappa shape index (κ1) is 12.3. The van der Waals surface area contributed by atoms with Gasteiger partial charge in [-0.1, -0.05) is 75.2 Å². The van der Waals surface area contributed by atoms with Gasteiger partial charge in [0.25, 0.3) is 0 Å². The van der Waals surface area contributed by atoms with Crippen LogP contribution in [0, 0.1) is 17.9 Å². The monoisotopic (exact) mass is 241 g/mol. The van der Waals surface area contributed by atoms with Crippen molar-refractivity contribution >= 4 is 0 Å². The predicted octanol–water partition coefficient (Wildman–Crippen LogP) is 5.37. The van der Waals surface area contributed by atoms with Crippen molar-refractivity contribution in [3.63, 3.8) is 0 Å². The fourth-order valence-electron chi connectivity index (χ4n) is 3.98. The maximum absolute atomic E-state index is 3.45. The van der Waals surface area contributed by atoms with E-state index < -0.39 is 0 Å². The molecule has 0 saturated heterocycles. The minimum absolute atomic E-state index is 0.977. The summed E-state index contributed by atoms with van der Waals surface area (Å²) in [4.78, 5) is 0. The van der Waals surface area contributed by atoms with E-state index in [2.05, 4.69) is 24.3 Å². The second kappa shape index (κ2) is 5.91. The van der Waals surface area contributed by atoms with Crippen molar-refractivity contribution in [3.8, 4) is 0 Å². The molecule has 0 spiro atoms. The molecule has 0 bridgehead atoms. The molecule has 0 heterocycles. The van der Waals surface area contributed by atoms with E-state index in [4.69, 9.17) is 0 Å². The summed E-state index contributed by atoms with van der Waals surface area (Å²) in [7, 11) is 0. The third-order valence-corrected chi connectivity index (χ3v) is 5.00. The molecule has 0 aliphatic heterocycles. The van der Waals surface area contributed by atoms with Crippen molar-refractivity contribution in [2.45, 2.75) is 64.2 Å². The molecule has 0 aromatic carbocycles. The van der Waals surface area contributed by atoms with Crippen LogP contribution in [0.1, 0.15) is 64.2 Å². The van der Waals surface area contributed by atoms with Gasteiger partial charge in [-0.25, -0.2) is 0 Å². The average Bonchev–Trinajstić information content (AvgIpc) is 3.13. The molecule has 3 aliphatic rings. The van der Waals surface area contributed by atoms with Crippen LogP contribution in [-0.2, 0) is 0 Å². The molecule has 0 aromatic rings. The maximum atomic E-state index is 3.45. The van der Waals surface area contributed by atoms with E-state index in [1.54, 1.807) is 5.57 Å². The minimum Gasteiger partial charge on any atom is -0.0618 e. The van der Waals surface area contributed by atoms with E-state index in [9.17, 15) is 0 Å². The zero-order valence-electron chi connectivity index (χ0n) is 11.5. The Labute approximate surface area is 112 Å². The van der Waals surface area contributed by atoms with E-state index in [1.165, 1.54) is 69.8 Å². The van der Waals surface area contributed by atoms with E-state index in [0.29, 0.717) is 0 Å². The molecule has 0 atom stereocenters. The first-order chi connectivity index (χ1) is 8.92. The Morgan fingerprint density at radius 1 is 0.944 bits per heavy atom. The molecule has 0 amide bonds. The van der Waals surface area contributed by atoms with E-state index in [1.807, 2.05) is 0 Å². The maximum Gasteiger partial charge on any atom is -0.0106 e. The normalized spacial score (nSPS) is 24.6. The van der Waals surface area contributed by atoms with Crippen LogP contribution < -0.4 is 0 Å². The summed E-state index contributed by atoms with van der Waals surface area (Å²) in [5, 5.41) is 0. The molecular formula is C18H25. The van der Waals surface area contributed by atoms with Gasteiger partial charge < -0.3 is 0 Å². The van der Waals surface area contributed by atoms with Crippen molar-refractivity contribution in [2.24, 2.45) is 11.8 Å². The lowest BCUT2D eigenvalue weighted by molar-refractivity contribution is 0.485. The Morgan fingerprint density at radius 2 is 1.50 bits per heavy atom. The van der Waals surface area contributed by atoms with Gasteiger partial charge in [-0.05, 0) is 36.3 Å². The van der Waals surface area contributed by atoms with Crippen LogP contribution in [0.2, 0.25) is 0 Å². The number of allylic oxidation sites excluding steroid dienone is 6. The Hall–Kier alpha value is -0.780. The molecule has 0 nitrogen and oxygen atoms in total. The molecule has 2 fully saturated rings. The highest BCUT2D eigenvalue weighted by atomic mass is 14.3. The van der Waals surface area contributed by atoms with E-state index in [0.717, 1.165) is 11.8 Å². The van der Waals surface area contributed by atoms with Gasteiger partial charge in [-0.2, -0.15) is 0 Å². The molecule has 0 heteroatoms. The van der Waals surface area contributed by atoms with Gasteiger partial charge in [-0.3, -0.25) is 0 Å². The van der Waals surface area contributed by atoms with Gasteiger partial charge in [0, 0.05) is 0 Å². The highest BCUT2D eigenvalue weighted by Gasteiger charge is 2.22. The van der Waals surface area contributed by atoms with Crippen molar-refractivity contribution in [3.05, 3.63) is 35.5 Å². The Morgan fingerprint density at radius 3 is 1.94 bits per heavy atom. The van der Waals surface area contributed by atoms with Gasteiger partial charge in [0.05, 0.1) is 0 Å². The van der Waals surface area contributed by atoms with E-state index >= 15 is 0 Å². The zero-order valence-corrected chi connectivity index (χ0v) is 11.5.